The molecule has 136 valence electrons. The van der Waals surface area contributed by atoms with Gasteiger partial charge in [-0.2, -0.15) is 0 Å². The van der Waals surface area contributed by atoms with Gasteiger partial charge in [0.05, 0.1) is 6.61 Å². The van der Waals surface area contributed by atoms with Crippen LogP contribution in [0, 0.1) is 11.7 Å². The largest absolute Gasteiger partial charge is 0.493 e. The van der Waals surface area contributed by atoms with Crippen molar-refractivity contribution in [1.29, 1.82) is 0 Å². The maximum Gasteiger partial charge on any atom is 0.225 e. The third-order valence-corrected chi connectivity index (χ3v) is 3.86. The minimum Gasteiger partial charge on any atom is -0.493 e. The summed E-state index contributed by atoms with van der Waals surface area (Å²) in [6.45, 7) is 8.53. The van der Waals surface area contributed by atoms with Crippen molar-refractivity contribution in [3.8, 4) is 5.75 Å². The van der Waals surface area contributed by atoms with Crippen LogP contribution >= 0.6 is 0 Å². The highest BCUT2D eigenvalue weighted by molar-refractivity contribution is 5.78. The number of likely N-dealkylation sites (N-methyl/N-ethyl adjacent to an activating group) is 1. The molecule has 0 aliphatic heterocycles. The van der Waals surface area contributed by atoms with Crippen LogP contribution in [-0.2, 0) is 11.2 Å². The molecule has 0 fully saturated rings. The molecule has 4 nitrogen and oxygen atoms in total. The molecule has 0 saturated heterocycles. The second-order valence-corrected chi connectivity index (χ2v) is 6.59. The van der Waals surface area contributed by atoms with Gasteiger partial charge in [0.1, 0.15) is 11.6 Å². The molecule has 5 heteroatoms. The zero-order valence-electron chi connectivity index (χ0n) is 15.6. The molecule has 0 N–H and O–H groups in total. The van der Waals surface area contributed by atoms with Gasteiger partial charge in [-0.1, -0.05) is 26.8 Å². The summed E-state index contributed by atoms with van der Waals surface area (Å²) in [4.78, 5) is 16.2. The summed E-state index contributed by atoms with van der Waals surface area (Å²) in [5.41, 5.74) is 0.999. The van der Waals surface area contributed by atoms with Crippen LogP contribution in [0.25, 0.3) is 0 Å². The third kappa shape index (κ3) is 6.87. The van der Waals surface area contributed by atoms with E-state index in [0.717, 1.165) is 24.9 Å². The Morgan fingerprint density at radius 2 is 1.92 bits per heavy atom. The summed E-state index contributed by atoms with van der Waals surface area (Å²) in [5.74, 6) is 0.470. The fourth-order valence-electron chi connectivity index (χ4n) is 2.41. The highest BCUT2D eigenvalue weighted by atomic mass is 19.1. The lowest BCUT2D eigenvalue weighted by Gasteiger charge is -2.26. The topological polar surface area (TPSA) is 32.8 Å². The quantitative estimate of drug-likeness (QED) is 0.614. The molecule has 1 rings (SSSR count). The Kier molecular flexibility index (Phi) is 8.76. The van der Waals surface area contributed by atoms with Crippen LogP contribution in [-0.4, -0.2) is 56.0 Å². The van der Waals surface area contributed by atoms with Gasteiger partial charge in [-0.05, 0) is 38.6 Å². The number of ether oxygens (including phenoxy) is 1. The van der Waals surface area contributed by atoms with Crippen LogP contribution in [0.1, 0.15) is 32.8 Å². The van der Waals surface area contributed by atoms with E-state index in [0.29, 0.717) is 25.4 Å². The number of halogens is 1. The zero-order chi connectivity index (χ0) is 18.1. The lowest BCUT2D eigenvalue weighted by atomic mass is 10.1. The molecule has 0 aliphatic rings. The molecule has 1 aromatic carbocycles. The van der Waals surface area contributed by atoms with Crippen LogP contribution in [0.4, 0.5) is 4.39 Å². The first kappa shape index (κ1) is 20.4. The van der Waals surface area contributed by atoms with Crippen molar-refractivity contribution < 1.29 is 13.9 Å². The minimum atomic E-state index is -0.287. The first-order valence-electron chi connectivity index (χ1n) is 8.69. The van der Waals surface area contributed by atoms with Crippen LogP contribution in [0.15, 0.2) is 18.2 Å². The molecule has 24 heavy (non-hydrogen) atoms. The Balaban J connectivity index is 2.52. The number of amides is 1. The molecule has 0 radical (unpaired) electrons. The number of carbonyl (C=O) groups is 1. The number of benzene rings is 1. The van der Waals surface area contributed by atoms with Gasteiger partial charge in [0.25, 0.3) is 0 Å². The summed E-state index contributed by atoms with van der Waals surface area (Å²) < 4.78 is 19.1. The van der Waals surface area contributed by atoms with E-state index in [9.17, 15) is 9.18 Å². The molecule has 1 amide bonds. The molecule has 0 atom stereocenters. The van der Waals surface area contributed by atoms with E-state index in [4.69, 9.17) is 4.74 Å². The Labute approximate surface area is 145 Å². The Bertz CT molecular complexity index is 518. The van der Waals surface area contributed by atoms with E-state index in [1.165, 1.54) is 12.1 Å². The SMILES string of the molecule is CCc1ccc(F)cc1OCCCN(CCN(C)C)C(=O)C(C)C. The molecule has 0 aliphatic carbocycles. The molecule has 0 bridgehead atoms. The Morgan fingerprint density at radius 1 is 1.21 bits per heavy atom. The normalized spacial score (nSPS) is 11.2. The molecule has 0 heterocycles. The van der Waals surface area contributed by atoms with E-state index in [-0.39, 0.29) is 17.6 Å². The van der Waals surface area contributed by atoms with Gasteiger partial charge in [-0.15, -0.1) is 0 Å². The number of rotatable bonds is 10. The van der Waals surface area contributed by atoms with Crippen LogP contribution < -0.4 is 4.74 Å². The van der Waals surface area contributed by atoms with Crippen molar-refractivity contribution in [3.63, 3.8) is 0 Å². The number of carbonyl (C=O) groups excluding carboxylic acids is 1. The van der Waals surface area contributed by atoms with Crippen LogP contribution in [0.3, 0.4) is 0 Å². The monoisotopic (exact) mass is 338 g/mol. The highest BCUT2D eigenvalue weighted by Crippen LogP contribution is 2.20. The van der Waals surface area contributed by atoms with Crippen LogP contribution in [0.2, 0.25) is 0 Å². The van der Waals surface area contributed by atoms with E-state index in [1.807, 2.05) is 39.8 Å². The zero-order valence-corrected chi connectivity index (χ0v) is 15.6. The molecule has 0 spiro atoms. The molecule has 0 saturated carbocycles. The van der Waals surface area contributed by atoms with Crippen molar-refractivity contribution >= 4 is 5.91 Å². The summed E-state index contributed by atoms with van der Waals surface area (Å²) in [6, 6.07) is 4.65. The van der Waals surface area contributed by atoms with Gasteiger partial charge in [-0.3, -0.25) is 4.79 Å². The predicted octanol–water partition coefficient (Wildman–Crippen LogP) is 3.20. The van der Waals surface area contributed by atoms with Gasteiger partial charge in [-0.25, -0.2) is 4.39 Å². The number of hydrogen-bond donors (Lipinski definition) is 0. The highest BCUT2D eigenvalue weighted by Gasteiger charge is 2.16. The van der Waals surface area contributed by atoms with Crippen molar-refractivity contribution in [1.82, 2.24) is 9.80 Å². The smallest absolute Gasteiger partial charge is 0.225 e. The molecular weight excluding hydrogens is 307 g/mol. The lowest BCUT2D eigenvalue weighted by molar-refractivity contribution is -0.134. The fourth-order valence-corrected chi connectivity index (χ4v) is 2.41. The average molecular weight is 338 g/mol. The average Bonchev–Trinajstić information content (AvgIpc) is 2.53. The van der Waals surface area contributed by atoms with E-state index < -0.39 is 0 Å². The lowest BCUT2D eigenvalue weighted by Crippen LogP contribution is -2.40. The number of aryl methyl sites for hydroxylation is 1. The van der Waals surface area contributed by atoms with E-state index in [1.54, 1.807) is 6.07 Å². The van der Waals surface area contributed by atoms with Crippen molar-refractivity contribution in [2.75, 3.05) is 40.3 Å². The second-order valence-electron chi connectivity index (χ2n) is 6.59. The van der Waals surface area contributed by atoms with Gasteiger partial charge in [0.2, 0.25) is 5.91 Å². The maximum atomic E-state index is 13.4. The summed E-state index contributed by atoms with van der Waals surface area (Å²) >= 11 is 0. The van der Waals surface area contributed by atoms with Gasteiger partial charge >= 0.3 is 0 Å². The first-order valence-corrected chi connectivity index (χ1v) is 8.69. The van der Waals surface area contributed by atoms with Crippen LogP contribution in [0.5, 0.6) is 5.75 Å². The molecule has 1 aromatic rings. The summed E-state index contributed by atoms with van der Waals surface area (Å²) in [6.07, 6.45) is 1.53. The third-order valence-electron chi connectivity index (χ3n) is 3.86. The van der Waals surface area contributed by atoms with Crippen molar-refractivity contribution in [3.05, 3.63) is 29.6 Å². The van der Waals surface area contributed by atoms with Gasteiger partial charge < -0.3 is 14.5 Å². The second kappa shape index (κ2) is 10.3. The van der Waals surface area contributed by atoms with E-state index in [2.05, 4.69) is 4.90 Å². The predicted molar refractivity (Wildman–Crippen MR) is 95.9 cm³/mol. The minimum absolute atomic E-state index is 0.0111. The Morgan fingerprint density at radius 3 is 2.50 bits per heavy atom. The van der Waals surface area contributed by atoms with E-state index >= 15 is 0 Å². The summed E-state index contributed by atoms with van der Waals surface area (Å²) in [5, 5.41) is 0. The van der Waals surface area contributed by atoms with Crippen molar-refractivity contribution in [2.24, 2.45) is 5.92 Å². The Hall–Kier alpha value is -1.62. The fraction of sp³-hybridized carbons (Fsp3) is 0.632. The number of nitrogens with zero attached hydrogens (tertiary/aromatic N) is 2. The molecule has 0 aromatic heterocycles. The first-order chi connectivity index (χ1) is 11.3. The molecule has 0 unspecified atom stereocenters. The van der Waals surface area contributed by atoms with Gasteiger partial charge in [0, 0.05) is 31.6 Å². The maximum absolute atomic E-state index is 13.4. The standard InChI is InChI=1S/C19H31FN2O2/c1-6-16-8-9-17(20)14-18(16)24-13-7-10-22(12-11-21(4)5)19(23)15(2)3/h8-9,14-15H,6-7,10-13H2,1-5H3. The number of hydrogen-bond acceptors (Lipinski definition) is 3. The molecular formula is C19H31FN2O2. The summed E-state index contributed by atoms with van der Waals surface area (Å²) in [7, 11) is 3.99. The van der Waals surface area contributed by atoms with Gasteiger partial charge in [0.15, 0.2) is 0 Å². The van der Waals surface area contributed by atoms with Crippen molar-refractivity contribution in [2.45, 2.75) is 33.6 Å².